The number of methoxy groups -OCH3 is 1. The second kappa shape index (κ2) is 7.23. The molecule has 0 spiro atoms. The monoisotopic (exact) mass is 267 g/mol. The van der Waals surface area contributed by atoms with Crippen molar-refractivity contribution >= 4 is 22.0 Å². The molecule has 2 N–H and O–H groups in total. The van der Waals surface area contributed by atoms with E-state index in [-0.39, 0.29) is 18.6 Å². The molecule has 0 aromatic rings. The summed E-state index contributed by atoms with van der Waals surface area (Å²) in [6, 6.07) is -1.30. The first kappa shape index (κ1) is 15.9. The Morgan fingerprint density at radius 1 is 1.41 bits per heavy atom. The molecule has 0 saturated heterocycles. The van der Waals surface area contributed by atoms with Crippen molar-refractivity contribution in [3.63, 3.8) is 0 Å². The highest BCUT2D eigenvalue weighted by atomic mass is 32.2. The molecule has 0 aliphatic heterocycles. The minimum atomic E-state index is -3.61. The maximum atomic E-state index is 11.4. The second-order valence-electron chi connectivity index (χ2n) is 3.44. The summed E-state index contributed by atoms with van der Waals surface area (Å²) >= 11 is 0. The fourth-order valence-corrected chi connectivity index (χ4v) is 2.45. The summed E-state index contributed by atoms with van der Waals surface area (Å²) in [5.41, 5.74) is 0. The molecule has 100 valence electrons. The van der Waals surface area contributed by atoms with Crippen LogP contribution in [0.5, 0.6) is 0 Å². The van der Waals surface area contributed by atoms with Crippen LogP contribution in [0, 0.1) is 0 Å². The van der Waals surface area contributed by atoms with Crippen LogP contribution in [0.3, 0.4) is 0 Å². The normalized spacial score (nSPS) is 13.1. The Morgan fingerprint density at radius 2 is 2.00 bits per heavy atom. The van der Waals surface area contributed by atoms with Crippen LogP contribution in [0.1, 0.15) is 26.2 Å². The lowest BCUT2D eigenvalue weighted by Gasteiger charge is -2.13. The molecule has 0 aliphatic carbocycles. The van der Waals surface area contributed by atoms with E-state index in [2.05, 4.69) is 4.74 Å². The van der Waals surface area contributed by atoms with Gasteiger partial charge in [0.25, 0.3) is 0 Å². The quantitative estimate of drug-likeness (QED) is 0.585. The van der Waals surface area contributed by atoms with Crippen LogP contribution in [-0.4, -0.2) is 44.4 Å². The van der Waals surface area contributed by atoms with E-state index in [1.54, 1.807) is 6.92 Å². The lowest BCUT2D eigenvalue weighted by atomic mass is 10.2. The number of rotatable bonds is 8. The number of hydrogen-bond acceptors (Lipinski definition) is 5. The van der Waals surface area contributed by atoms with Gasteiger partial charge >= 0.3 is 11.9 Å². The van der Waals surface area contributed by atoms with Crippen molar-refractivity contribution in [1.29, 1.82) is 0 Å². The number of carbonyl (C=O) groups excluding carboxylic acids is 1. The third-order valence-electron chi connectivity index (χ3n) is 1.96. The molecule has 0 fully saturated rings. The molecule has 8 heteroatoms. The van der Waals surface area contributed by atoms with Gasteiger partial charge in [-0.15, -0.1) is 0 Å². The van der Waals surface area contributed by atoms with Gasteiger partial charge in [-0.3, -0.25) is 9.59 Å². The average Bonchev–Trinajstić information content (AvgIpc) is 2.23. The Bertz CT molecular complexity index is 364. The van der Waals surface area contributed by atoms with Crippen molar-refractivity contribution in [3.05, 3.63) is 0 Å². The van der Waals surface area contributed by atoms with Crippen LogP contribution in [-0.2, 0) is 24.3 Å². The summed E-state index contributed by atoms with van der Waals surface area (Å²) in [7, 11) is -2.43. The van der Waals surface area contributed by atoms with Crippen molar-refractivity contribution in [2.75, 3.05) is 12.9 Å². The Morgan fingerprint density at radius 3 is 2.41 bits per heavy atom. The van der Waals surface area contributed by atoms with Gasteiger partial charge in [-0.05, 0) is 12.8 Å². The molecular formula is C9H17NO6S. The Balaban J connectivity index is 4.45. The summed E-state index contributed by atoms with van der Waals surface area (Å²) in [6.07, 6.45) is 0.103. The minimum Gasteiger partial charge on any atom is -0.480 e. The lowest BCUT2D eigenvalue weighted by Crippen LogP contribution is -2.42. The molecule has 1 unspecified atom stereocenters. The van der Waals surface area contributed by atoms with Gasteiger partial charge in [-0.25, -0.2) is 13.1 Å². The number of hydrogen-bond donors (Lipinski definition) is 2. The molecule has 0 saturated carbocycles. The Hall–Kier alpha value is -1.15. The summed E-state index contributed by atoms with van der Waals surface area (Å²) < 4.78 is 29.1. The number of ether oxygens (including phenoxy) is 1. The van der Waals surface area contributed by atoms with Crippen LogP contribution < -0.4 is 4.72 Å². The first-order valence-corrected chi connectivity index (χ1v) is 6.77. The van der Waals surface area contributed by atoms with Gasteiger partial charge in [0.1, 0.15) is 6.04 Å². The van der Waals surface area contributed by atoms with Crippen molar-refractivity contribution in [3.8, 4) is 0 Å². The van der Waals surface area contributed by atoms with E-state index < -0.39 is 28.0 Å². The summed E-state index contributed by atoms with van der Waals surface area (Å²) in [5, 5.41) is 8.81. The van der Waals surface area contributed by atoms with Crippen molar-refractivity contribution < 1.29 is 27.9 Å². The molecular weight excluding hydrogens is 250 g/mol. The van der Waals surface area contributed by atoms with Gasteiger partial charge in [0.2, 0.25) is 10.0 Å². The summed E-state index contributed by atoms with van der Waals surface area (Å²) in [4.78, 5) is 21.6. The van der Waals surface area contributed by atoms with Crippen molar-refractivity contribution in [2.45, 2.75) is 32.2 Å². The summed E-state index contributed by atoms with van der Waals surface area (Å²) in [5.74, 6) is -2.03. The smallest absolute Gasteiger partial charge is 0.321 e. The van der Waals surface area contributed by atoms with E-state index in [0.717, 1.165) is 0 Å². The topological polar surface area (TPSA) is 110 Å². The molecule has 1 atom stereocenters. The number of carboxylic acids is 1. The number of nitrogens with one attached hydrogen (secondary N) is 1. The number of esters is 1. The highest BCUT2D eigenvalue weighted by Crippen LogP contribution is 2.02. The zero-order valence-electron chi connectivity index (χ0n) is 9.80. The van der Waals surface area contributed by atoms with E-state index in [1.165, 1.54) is 7.11 Å². The molecule has 0 heterocycles. The number of sulfonamides is 1. The third-order valence-corrected chi connectivity index (χ3v) is 3.55. The number of carbonyl (C=O) groups is 2. The zero-order valence-corrected chi connectivity index (χ0v) is 10.6. The maximum Gasteiger partial charge on any atom is 0.321 e. The predicted molar refractivity (Wildman–Crippen MR) is 59.9 cm³/mol. The van der Waals surface area contributed by atoms with E-state index >= 15 is 0 Å². The van der Waals surface area contributed by atoms with Gasteiger partial charge in [-0.2, -0.15) is 0 Å². The largest absolute Gasteiger partial charge is 0.480 e. The molecule has 7 nitrogen and oxygen atoms in total. The molecule has 0 bridgehead atoms. The first-order valence-electron chi connectivity index (χ1n) is 5.12. The highest BCUT2D eigenvalue weighted by molar-refractivity contribution is 7.89. The second-order valence-corrected chi connectivity index (χ2v) is 5.32. The first-order chi connectivity index (χ1) is 7.82. The minimum absolute atomic E-state index is 0.134. The molecule has 0 aromatic carbocycles. The van der Waals surface area contributed by atoms with Gasteiger partial charge in [-0.1, -0.05) is 6.92 Å². The van der Waals surface area contributed by atoms with Gasteiger partial charge in [0.05, 0.1) is 12.9 Å². The molecule has 0 amide bonds. The van der Waals surface area contributed by atoms with Crippen LogP contribution in [0.4, 0.5) is 0 Å². The van der Waals surface area contributed by atoms with Gasteiger partial charge in [0.15, 0.2) is 0 Å². The fourth-order valence-electron chi connectivity index (χ4n) is 1.14. The van der Waals surface area contributed by atoms with Crippen LogP contribution >= 0.6 is 0 Å². The zero-order chi connectivity index (χ0) is 13.5. The van der Waals surface area contributed by atoms with Crippen molar-refractivity contribution in [1.82, 2.24) is 4.72 Å². The average molecular weight is 267 g/mol. The molecule has 0 aromatic heterocycles. The van der Waals surface area contributed by atoms with Crippen LogP contribution in [0.2, 0.25) is 0 Å². The molecule has 0 aliphatic rings. The lowest BCUT2D eigenvalue weighted by molar-refractivity contribution is -0.142. The Kier molecular flexibility index (Phi) is 6.74. The molecule has 0 radical (unpaired) electrons. The van der Waals surface area contributed by atoms with E-state index in [4.69, 9.17) is 5.11 Å². The summed E-state index contributed by atoms with van der Waals surface area (Å²) in [6.45, 7) is 1.67. The fraction of sp³-hybridized carbons (Fsp3) is 0.778. The number of carboxylic acid groups (broad SMARTS) is 1. The Labute approximate surface area is 100 Å². The third kappa shape index (κ3) is 6.90. The van der Waals surface area contributed by atoms with Crippen LogP contribution in [0.15, 0.2) is 0 Å². The SMILES string of the molecule is CCCS(=O)(=O)NC(CCC(=O)OC)C(=O)O. The predicted octanol–water partition coefficient (Wildman–Crippen LogP) is -0.278. The van der Waals surface area contributed by atoms with Gasteiger partial charge in [0, 0.05) is 6.42 Å². The molecule has 17 heavy (non-hydrogen) atoms. The number of aliphatic carboxylic acids is 1. The van der Waals surface area contributed by atoms with E-state index in [9.17, 15) is 18.0 Å². The molecule has 0 rings (SSSR count). The van der Waals surface area contributed by atoms with E-state index in [0.29, 0.717) is 6.42 Å². The maximum absolute atomic E-state index is 11.4. The van der Waals surface area contributed by atoms with Gasteiger partial charge < -0.3 is 9.84 Å². The van der Waals surface area contributed by atoms with Crippen LogP contribution in [0.25, 0.3) is 0 Å². The van der Waals surface area contributed by atoms with Crippen molar-refractivity contribution in [2.24, 2.45) is 0 Å². The van der Waals surface area contributed by atoms with E-state index in [1.807, 2.05) is 4.72 Å². The standard InChI is InChI=1S/C9H17NO6S/c1-3-6-17(14,15)10-7(9(12)13)4-5-8(11)16-2/h7,10H,3-6H2,1-2H3,(H,12,13). The highest BCUT2D eigenvalue weighted by Gasteiger charge is 2.24.